The number of hydrogen-bond acceptors (Lipinski definition) is 3. The number of benzene rings is 1. The molecule has 2 aliphatic heterocycles. The molecule has 2 heterocycles. The number of ether oxygens (including phenoxy) is 2. The normalized spacial score (nSPS) is 29.9. The van der Waals surface area contributed by atoms with E-state index in [0.717, 1.165) is 6.54 Å². The smallest absolute Gasteiger partial charge is 0.0733 e. The predicted molar refractivity (Wildman–Crippen MR) is 70.3 cm³/mol. The molecule has 0 aliphatic carbocycles. The van der Waals surface area contributed by atoms with Crippen LogP contribution in [0.4, 0.5) is 0 Å². The van der Waals surface area contributed by atoms with E-state index in [-0.39, 0.29) is 0 Å². The highest BCUT2D eigenvalue weighted by Gasteiger charge is 2.40. The first-order valence-corrected chi connectivity index (χ1v) is 6.81. The average molecular weight is 247 g/mol. The van der Waals surface area contributed by atoms with Crippen LogP contribution in [0.2, 0.25) is 0 Å². The summed E-state index contributed by atoms with van der Waals surface area (Å²) in [5, 5.41) is 3.62. The van der Waals surface area contributed by atoms with Crippen molar-refractivity contribution in [3.05, 3.63) is 35.4 Å². The fourth-order valence-electron chi connectivity index (χ4n) is 3.02. The number of rotatable bonds is 5. The van der Waals surface area contributed by atoms with Gasteiger partial charge in [0, 0.05) is 19.7 Å². The van der Waals surface area contributed by atoms with Gasteiger partial charge in [0.05, 0.1) is 18.8 Å². The summed E-state index contributed by atoms with van der Waals surface area (Å²) in [6.45, 7) is 1.62. The van der Waals surface area contributed by atoms with E-state index in [1.165, 1.54) is 30.4 Å². The van der Waals surface area contributed by atoms with Crippen molar-refractivity contribution in [1.29, 1.82) is 0 Å². The summed E-state index contributed by atoms with van der Waals surface area (Å²) < 4.78 is 11.0. The van der Waals surface area contributed by atoms with Crippen molar-refractivity contribution in [1.82, 2.24) is 5.32 Å². The highest BCUT2D eigenvalue weighted by Crippen LogP contribution is 2.34. The van der Waals surface area contributed by atoms with E-state index in [2.05, 4.69) is 29.6 Å². The van der Waals surface area contributed by atoms with Gasteiger partial charge in [0.25, 0.3) is 0 Å². The van der Waals surface area contributed by atoms with E-state index in [1.807, 2.05) is 0 Å². The van der Waals surface area contributed by atoms with E-state index < -0.39 is 0 Å². The summed E-state index contributed by atoms with van der Waals surface area (Å²) in [5.74, 6) is 0. The second-order valence-corrected chi connectivity index (χ2v) is 5.35. The van der Waals surface area contributed by atoms with Crippen LogP contribution in [0.3, 0.4) is 0 Å². The summed E-state index contributed by atoms with van der Waals surface area (Å²) in [5.41, 5.74) is 2.56. The fraction of sp³-hybridized carbons (Fsp3) is 0.600. The van der Waals surface area contributed by atoms with Crippen LogP contribution in [0.15, 0.2) is 24.3 Å². The highest BCUT2D eigenvalue weighted by atomic mass is 16.5. The molecule has 1 N–H and O–H groups in total. The second kappa shape index (κ2) is 5.39. The Morgan fingerprint density at radius 1 is 1.22 bits per heavy atom. The molecule has 3 atom stereocenters. The minimum absolute atomic E-state index is 0.461. The van der Waals surface area contributed by atoms with E-state index in [1.54, 1.807) is 7.11 Å². The van der Waals surface area contributed by atoms with Crippen molar-refractivity contribution in [2.75, 3.05) is 7.11 Å². The van der Waals surface area contributed by atoms with Gasteiger partial charge in [-0.15, -0.1) is 0 Å². The first-order valence-electron chi connectivity index (χ1n) is 6.81. The van der Waals surface area contributed by atoms with Gasteiger partial charge < -0.3 is 14.8 Å². The third kappa shape index (κ3) is 2.58. The number of hydrogen-bond donors (Lipinski definition) is 1. The Morgan fingerprint density at radius 3 is 2.61 bits per heavy atom. The Morgan fingerprint density at radius 2 is 2.00 bits per heavy atom. The van der Waals surface area contributed by atoms with Crippen molar-refractivity contribution in [2.24, 2.45) is 0 Å². The molecule has 3 unspecified atom stereocenters. The molecule has 2 saturated heterocycles. The Labute approximate surface area is 108 Å². The molecule has 0 amide bonds. The molecule has 2 bridgehead atoms. The van der Waals surface area contributed by atoms with Crippen LogP contribution in [0.5, 0.6) is 0 Å². The highest BCUT2D eigenvalue weighted by molar-refractivity contribution is 5.22. The van der Waals surface area contributed by atoms with Gasteiger partial charge >= 0.3 is 0 Å². The van der Waals surface area contributed by atoms with Crippen molar-refractivity contribution in [3.63, 3.8) is 0 Å². The van der Waals surface area contributed by atoms with Crippen LogP contribution in [-0.4, -0.2) is 25.4 Å². The van der Waals surface area contributed by atoms with Crippen molar-refractivity contribution in [2.45, 2.75) is 50.7 Å². The maximum absolute atomic E-state index is 5.85. The lowest BCUT2D eigenvalue weighted by Crippen LogP contribution is -2.36. The molecule has 3 rings (SSSR count). The topological polar surface area (TPSA) is 30.5 Å². The molecule has 2 fully saturated rings. The molecular weight excluding hydrogens is 226 g/mol. The molecule has 0 saturated carbocycles. The van der Waals surface area contributed by atoms with Gasteiger partial charge in [0.2, 0.25) is 0 Å². The van der Waals surface area contributed by atoms with Crippen molar-refractivity contribution >= 4 is 0 Å². The van der Waals surface area contributed by atoms with Gasteiger partial charge in [-0.25, -0.2) is 0 Å². The monoisotopic (exact) mass is 247 g/mol. The largest absolute Gasteiger partial charge is 0.380 e. The van der Waals surface area contributed by atoms with Crippen molar-refractivity contribution in [3.8, 4) is 0 Å². The van der Waals surface area contributed by atoms with E-state index in [9.17, 15) is 0 Å². The van der Waals surface area contributed by atoms with Gasteiger partial charge in [-0.3, -0.25) is 0 Å². The molecule has 2 aliphatic rings. The Kier molecular flexibility index (Phi) is 3.64. The summed E-state index contributed by atoms with van der Waals surface area (Å²) in [7, 11) is 1.73. The maximum Gasteiger partial charge on any atom is 0.0733 e. The average Bonchev–Trinajstić information content (AvgIpc) is 3.00. The van der Waals surface area contributed by atoms with Crippen molar-refractivity contribution < 1.29 is 9.47 Å². The standard InChI is InChI=1S/C15H21NO2/c1-17-10-12-4-2-11(3-5-12)9-16-14-8-13-6-7-15(14)18-13/h2-5,13-16H,6-10H2,1H3. The molecule has 1 aromatic carbocycles. The Balaban J connectivity index is 1.50. The van der Waals surface area contributed by atoms with Gasteiger partial charge in [-0.05, 0) is 30.4 Å². The molecule has 1 aromatic rings. The van der Waals surface area contributed by atoms with Gasteiger partial charge in [-0.1, -0.05) is 24.3 Å². The van der Waals surface area contributed by atoms with E-state index >= 15 is 0 Å². The molecule has 98 valence electrons. The fourth-order valence-corrected chi connectivity index (χ4v) is 3.02. The van der Waals surface area contributed by atoms with Crippen LogP contribution in [-0.2, 0) is 22.6 Å². The summed E-state index contributed by atoms with van der Waals surface area (Å²) in [6, 6.07) is 9.18. The van der Waals surface area contributed by atoms with Crippen LogP contribution < -0.4 is 5.32 Å². The summed E-state index contributed by atoms with van der Waals surface area (Å²) in [6.07, 6.45) is 4.66. The van der Waals surface area contributed by atoms with Crippen LogP contribution in [0, 0.1) is 0 Å². The zero-order valence-electron chi connectivity index (χ0n) is 10.9. The molecular formula is C15H21NO2. The lowest BCUT2D eigenvalue weighted by Gasteiger charge is -2.20. The SMILES string of the molecule is COCc1ccc(CNC2CC3CCC2O3)cc1. The van der Waals surface area contributed by atoms with Crippen LogP contribution in [0.25, 0.3) is 0 Å². The quantitative estimate of drug-likeness (QED) is 0.865. The molecule has 0 radical (unpaired) electrons. The van der Waals surface area contributed by atoms with Gasteiger partial charge in [0.1, 0.15) is 0 Å². The number of methoxy groups -OCH3 is 1. The van der Waals surface area contributed by atoms with E-state index in [4.69, 9.17) is 9.47 Å². The predicted octanol–water partition coefficient (Wildman–Crippen LogP) is 2.24. The third-order valence-electron chi connectivity index (χ3n) is 4.01. The minimum atomic E-state index is 0.461. The summed E-state index contributed by atoms with van der Waals surface area (Å²) in [4.78, 5) is 0. The lowest BCUT2D eigenvalue weighted by atomic mass is 9.95. The van der Waals surface area contributed by atoms with Gasteiger partial charge in [0.15, 0.2) is 0 Å². The zero-order valence-corrected chi connectivity index (χ0v) is 10.9. The van der Waals surface area contributed by atoms with Gasteiger partial charge in [-0.2, -0.15) is 0 Å². The lowest BCUT2D eigenvalue weighted by molar-refractivity contribution is 0.0973. The zero-order chi connectivity index (χ0) is 12.4. The summed E-state index contributed by atoms with van der Waals surface area (Å²) >= 11 is 0. The third-order valence-corrected chi connectivity index (χ3v) is 4.01. The maximum atomic E-state index is 5.85. The molecule has 3 nitrogen and oxygen atoms in total. The molecule has 0 spiro atoms. The second-order valence-electron chi connectivity index (χ2n) is 5.35. The molecule has 3 heteroatoms. The number of fused-ring (bicyclic) bond motifs is 2. The molecule has 0 aromatic heterocycles. The van der Waals surface area contributed by atoms with Crippen LogP contribution >= 0.6 is 0 Å². The van der Waals surface area contributed by atoms with Crippen LogP contribution in [0.1, 0.15) is 30.4 Å². The Bertz CT molecular complexity index is 390. The molecule has 18 heavy (non-hydrogen) atoms. The first-order chi connectivity index (χ1) is 8.85. The minimum Gasteiger partial charge on any atom is -0.380 e. The van der Waals surface area contributed by atoms with E-state index in [0.29, 0.717) is 24.9 Å². The first kappa shape index (κ1) is 12.2. The number of nitrogens with one attached hydrogen (secondary N) is 1. The Hall–Kier alpha value is -0.900.